The molecule has 0 bridgehead atoms. The van der Waals surface area contributed by atoms with E-state index in [4.69, 9.17) is 20.8 Å². The summed E-state index contributed by atoms with van der Waals surface area (Å²) in [5, 5.41) is 1.81. The number of hydrogen-bond donors (Lipinski definition) is 1. The fourth-order valence-corrected chi connectivity index (χ4v) is 3.08. The summed E-state index contributed by atoms with van der Waals surface area (Å²) in [5.41, 5.74) is 3.23. The summed E-state index contributed by atoms with van der Waals surface area (Å²) in [5.74, 6) is 0.465. The highest BCUT2D eigenvalue weighted by Crippen LogP contribution is 2.34. The summed E-state index contributed by atoms with van der Waals surface area (Å²) in [4.78, 5) is 15.1. The van der Waals surface area contributed by atoms with Gasteiger partial charge in [-0.25, -0.2) is 4.79 Å². The zero-order chi connectivity index (χ0) is 17.5. The second kappa shape index (κ2) is 6.02. The highest BCUT2D eigenvalue weighted by Gasteiger charge is 2.24. The van der Waals surface area contributed by atoms with E-state index in [9.17, 15) is 4.79 Å². The Hall–Kier alpha value is -2.20. The van der Waals surface area contributed by atoms with Gasteiger partial charge in [-0.15, -0.1) is 0 Å². The van der Waals surface area contributed by atoms with Gasteiger partial charge in [0.1, 0.15) is 5.76 Å². The summed E-state index contributed by atoms with van der Waals surface area (Å²) in [7, 11) is 1.34. The third-order valence-electron chi connectivity index (χ3n) is 4.02. The maximum atomic E-state index is 11.6. The molecule has 2 aromatic heterocycles. The molecule has 0 radical (unpaired) electrons. The highest BCUT2D eigenvalue weighted by atomic mass is 35.5. The first-order chi connectivity index (χ1) is 11.3. The monoisotopic (exact) mass is 345 g/mol. The average Bonchev–Trinajstić information content (AvgIpc) is 3.11. The van der Waals surface area contributed by atoms with Gasteiger partial charge in [-0.3, -0.25) is 0 Å². The number of esters is 1. The molecule has 0 saturated heterocycles. The first kappa shape index (κ1) is 16.7. The van der Waals surface area contributed by atoms with Crippen molar-refractivity contribution in [3.05, 3.63) is 58.1 Å². The molecule has 3 rings (SSSR count). The molecular weight excluding hydrogens is 326 g/mol. The summed E-state index contributed by atoms with van der Waals surface area (Å²) in [6.45, 7) is 6.47. The normalized spacial score (nSPS) is 11.9. The Morgan fingerprint density at radius 2 is 2.00 bits per heavy atom. The molecule has 1 N–H and O–H groups in total. The summed E-state index contributed by atoms with van der Waals surface area (Å²) >= 11 is 6.12. The van der Waals surface area contributed by atoms with Gasteiger partial charge in [0, 0.05) is 33.5 Å². The minimum Gasteiger partial charge on any atom is -0.463 e. The maximum absolute atomic E-state index is 11.6. The van der Waals surface area contributed by atoms with Crippen molar-refractivity contribution in [1.29, 1.82) is 0 Å². The number of ether oxygens (including phenoxy) is 1. The van der Waals surface area contributed by atoms with Crippen LogP contribution in [0.25, 0.3) is 10.9 Å². The molecule has 0 aliphatic heterocycles. The summed E-state index contributed by atoms with van der Waals surface area (Å²) < 4.78 is 10.3. The van der Waals surface area contributed by atoms with Crippen molar-refractivity contribution >= 4 is 28.5 Å². The molecule has 5 heteroatoms. The van der Waals surface area contributed by atoms with Crippen molar-refractivity contribution in [2.45, 2.75) is 32.6 Å². The predicted molar refractivity (Wildman–Crippen MR) is 94.9 cm³/mol. The molecule has 0 aliphatic carbocycles. The molecular formula is C19H20ClNO3. The van der Waals surface area contributed by atoms with Crippen LogP contribution in [0.4, 0.5) is 0 Å². The Morgan fingerprint density at radius 1 is 1.25 bits per heavy atom. The highest BCUT2D eigenvalue weighted by molar-refractivity contribution is 6.31. The van der Waals surface area contributed by atoms with Crippen LogP contribution in [-0.4, -0.2) is 18.1 Å². The van der Waals surface area contributed by atoms with E-state index in [-0.39, 0.29) is 11.2 Å². The second-order valence-electron chi connectivity index (χ2n) is 6.85. The Balaban J connectivity index is 2.07. The van der Waals surface area contributed by atoms with Crippen LogP contribution < -0.4 is 0 Å². The number of rotatable bonds is 3. The van der Waals surface area contributed by atoms with Crippen molar-refractivity contribution in [1.82, 2.24) is 4.98 Å². The van der Waals surface area contributed by atoms with Gasteiger partial charge in [0.05, 0.1) is 7.11 Å². The second-order valence-corrected chi connectivity index (χ2v) is 7.29. The van der Waals surface area contributed by atoms with Gasteiger partial charge >= 0.3 is 5.97 Å². The van der Waals surface area contributed by atoms with E-state index in [1.54, 1.807) is 6.07 Å². The number of hydrogen-bond acceptors (Lipinski definition) is 3. The van der Waals surface area contributed by atoms with E-state index in [0.717, 1.165) is 27.9 Å². The molecule has 0 atom stereocenters. The smallest absolute Gasteiger partial charge is 0.373 e. The fraction of sp³-hybridized carbons (Fsp3) is 0.316. The predicted octanol–water partition coefficient (Wildman–Crippen LogP) is 5.09. The van der Waals surface area contributed by atoms with Crippen LogP contribution >= 0.6 is 11.6 Å². The van der Waals surface area contributed by atoms with Crippen molar-refractivity contribution in [2.24, 2.45) is 0 Å². The maximum Gasteiger partial charge on any atom is 0.373 e. The zero-order valence-corrected chi connectivity index (χ0v) is 15.0. The lowest BCUT2D eigenvalue weighted by atomic mass is 9.87. The van der Waals surface area contributed by atoms with Gasteiger partial charge in [-0.2, -0.15) is 0 Å². The average molecular weight is 346 g/mol. The van der Waals surface area contributed by atoms with E-state index < -0.39 is 5.97 Å². The molecule has 0 aliphatic rings. The molecule has 1 aromatic carbocycles. The number of methoxy groups -OCH3 is 1. The first-order valence-electron chi connectivity index (χ1n) is 7.77. The van der Waals surface area contributed by atoms with Crippen molar-refractivity contribution < 1.29 is 13.9 Å². The third kappa shape index (κ3) is 3.06. The van der Waals surface area contributed by atoms with Gasteiger partial charge in [0.25, 0.3) is 0 Å². The number of benzene rings is 1. The molecule has 126 valence electrons. The molecule has 0 amide bonds. The van der Waals surface area contributed by atoms with Crippen LogP contribution in [0, 0.1) is 0 Å². The van der Waals surface area contributed by atoms with E-state index in [2.05, 4.69) is 25.8 Å². The number of H-pyrrole nitrogens is 1. The minimum atomic E-state index is -0.469. The van der Waals surface area contributed by atoms with E-state index in [1.807, 2.05) is 24.3 Å². The Bertz CT molecular complexity index is 899. The molecule has 0 unspecified atom stereocenters. The zero-order valence-electron chi connectivity index (χ0n) is 14.2. The number of aromatic amines is 1. The number of furan rings is 1. The largest absolute Gasteiger partial charge is 0.463 e. The quantitative estimate of drug-likeness (QED) is 0.673. The van der Waals surface area contributed by atoms with Crippen molar-refractivity contribution in [3.63, 3.8) is 0 Å². The number of carbonyl (C=O) groups excluding carboxylic acids is 1. The fourth-order valence-electron chi connectivity index (χ4n) is 2.91. The Morgan fingerprint density at radius 3 is 2.67 bits per heavy atom. The molecule has 4 nitrogen and oxygen atoms in total. The number of aromatic nitrogens is 1. The lowest BCUT2D eigenvalue weighted by Gasteiger charge is -2.19. The van der Waals surface area contributed by atoms with E-state index >= 15 is 0 Å². The van der Waals surface area contributed by atoms with Gasteiger partial charge in [-0.05, 0) is 29.8 Å². The lowest BCUT2D eigenvalue weighted by Crippen LogP contribution is -2.14. The van der Waals surface area contributed by atoms with Crippen LogP contribution in [0.1, 0.15) is 48.3 Å². The lowest BCUT2D eigenvalue weighted by molar-refractivity contribution is 0.0563. The van der Waals surface area contributed by atoms with E-state index in [1.165, 1.54) is 7.11 Å². The van der Waals surface area contributed by atoms with Crippen molar-refractivity contribution in [2.75, 3.05) is 7.11 Å². The first-order valence-corrected chi connectivity index (χ1v) is 8.15. The van der Waals surface area contributed by atoms with Crippen molar-refractivity contribution in [3.8, 4) is 0 Å². The number of fused-ring (bicyclic) bond motifs is 1. The molecule has 3 aromatic rings. The SMILES string of the molecule is COC(=O)c1ccc(Cc2c(C(C)(C)C)[nH]c3cc(Cl)ccc23)o1. The van der Waals surface area contributed by atoms with Gasteiger partial charge in [-0.1, -0.05) is 38.4 Å². The third-order valence-corrected chi connectivity index (χ3v) is 4.25. The number of nitrogens with one attached hydrogen (secondary N) is 1. The van der Waals surface area contributed by atoms with Gasteiger partial charge < -0.3 is 14.1 Å². The van der Waals surface area contributed by atoms with Crippen LogP contribution in [-0.2, 0) is 16.6 Å². The van der Waals surface area contributed by atoms with Crippen LogP contribution in [0.2, 0.25) is 5.02 Å². The molecule has 0 saturated carbocycles. The summed E-state index contributed by atoms with van der Waals surface area (Å²) in [6.07, 6.45) is 0.589. The number of halogens is 1. The molecule has 2 heterocycles. The molecule has 0 fully saturated rings. The van der Waals surface area contributed by atoms with Gasteiger partial charge in [0.15, 0.2) is 0 Å². The van der Waals surface area contributed by atoms with E-state index in [0.29, 0.717) is 11.4 Å². The standard InChI is InChI=1S/C19H20ClNO3/c1-19(2,3)17-14(13-7-5-11(20)9-15(13)21-17)10-12-6-8-16(24-12)18(22)23-4/h5-9,21H,10H2,1-4H3. The van der Waals surface area contributed by atoms with Gasteiger partial charge in [0.2, 0.25) is 5.76 Å². The minimum absolute atomic E-state index is 0.0569. The Kier molecular flexibility index (Phi) is 4.18. The van der Waals surface area contributed by atoms with Crippen LogP contribution in [0.3, 0.4) is 0 Å². The Labute approximate surface area is 145 Å². The number of carbonyl (C=O) groups is 1. The van der Waals surface area contributed by atoms with Crippen LogP contribution in [0.5, 0.6) is 0 Å². The molecule has 24 heavy (non-hydrogen) atoms. The summed E-state index contributed by atoms with van der Waals surface area (Å²) in [6, 6.07) is 9.29. The van der Waals surface area contributed by atoms with Crippen LogP contribution in [0.15, 0.2) is 34.7 Å². The topological polar surface area (TPSA) is 55.2 Å². The molecule has 0 spiro atoms.